The summed E-state index contributed by atoms with van der Waals surface area (Å²) in [5.74, 6) is 0.618. The molecule has 1 aromatic carbocycles. The molecule has 19 heavy (non-hydrogen) atoms. The van der Waals surface area contributed by atoms with Gasteiger partial charge in [-0.1, -0.05) is 12.1 Å². The Morgan fingerprint density at radius 1 is 1.47 bits per heavy atom. The highest BCUT2D eigenvalue weighted by Gasteiger charge is 2.21. The van der Waals surface area contributed by atoms with Gasteiger partial charge in [-0.3, -0.25) is 4.79 Å². The van der Waals surface area contributed by atoms with Gasteiger partial charge in [0.25, 0.3) is 0 Å². The first-order valence-corrected chi connectivity index (χ1v) is 6.19. The van der Waals surface area contributed by atoms with Crippen LogP contribution < -0.4 is 10.1 Å². The number of rotatable bonds is 5. The smallest absolute Gasteiger partial charge is 0.234 e. The lowest BCUT2D eigenvalue weighted by Gasteiger charge is -2.26. The number of hydrogen-bond donors (Lipinski definition) is 1. The highest BCUT2D eigenvalue weighted by molar-refractivity contribution is 5.78. The Morgan fingerprint density at radius 2 is 2.16 bits per heavy atom. The van der Waals surface area contributed by atoms with E-state index in [1.807, 2.05) is 39.0 Å². The van der Waals surface area contributed by atoms with Gasteiger partial charge >= 0.3 is 0 Å². The van der Waals surface area contributed by atoms with Crippen LogP contribution in [0.15, 0.2) is 18.2 Å². The van der Waals surface area contributed by atoms with Crippen LogP contribution in [0.1, 0.15) is 31.4 Å². The minimum absolute atomic E-state index is 0.106. The summed E-state index contributed by atoms with van der Waals surface area (Å²) >= 11 is 0. The van der Waals surface area contributed by atoms with Gasteiger partial charge in [0.2, 0.25) is 5.91 Å². The molecular weight excluding hydrogens is 240 g/mol. The first kappa shape index (κ1) is 15.0. The van der Waals surface area contributed by atoms with E-state index in [-0.39, 0.29) is 17.9 Å². The molecule has 0 aliphatic heterocycles. The molecule has 0 bridgehead atoms. The molecule has 1 aromatic rings. The maximum Gasteiger partial charge on any atom is 0.234 e. The van der Waals surface area contributed by atoms with Crippen LogP contribution in [0, 0.1) is 18.3 Å². The van der Waals surface area contributed by atoms with E-state index in [0.717, 1.165) is 16.9 Å². The van der Waals surface area contributed by atoms with Crippen LogP contribution in [0.4, 0.5) is 0 Å². The van der Waals surface area contributed by atoms with E-state index < -0.39 is 0 Å². The van der Waals surface area contributed by atoms with Gasteiger partial charge in [-0.05, 0) is 44.4 Å². The van der Waals surface area contributed by atoms with Gasteiger partial charge in [-0.15, -0.1) is 0 Å². The van der Waals surface area contributed by atoms with E-state index in [2.05, 4.69) is 11.4 Å². The zero-order valence-corrected chi connectivity index (χ0v) is 11.9. The molecular formula is C15H20N2O2. The predicted molar refractivity (Wildman–Crippen MR) is 73.9 cm³/mol. The van der Waals surface area contributed by atoms with Crippen molar-refractivity contribution in [2.24, 2.45) is 0 Å². The van der Waals surface area contributed by atoms with Gasteiger partial charge in [0.15, 0.2) is 0 Å². The van der Waals surface area contributed by atoms with Gasteiger partial charge in [0, 0.05) is 5.54 Å². The third-order valence-corrected chi connectivity index (χ3v) is 2.82. The molecule has 1 amide bonds. The highest BCUT2D eigenvalue weighted by Crippen LogP contribution is 2.21. The van der Waals surface area contributed by atoms with Crippen molar-refractivity contribution in [3.8, 4) is 11.8 Å². The number of amides is 1. The van der Waals surface area contributed by atoms with Crippen LogP contribution in [0.2, 0.25) is 0 Å². The fourth-order valence-corrected chi connectivity index (χ4v) is 2.10. The summed E-state index contributed by atoms with van der Waals surface area (Å²) in [6, 6.07) is 7.82. The van der Waals surface area contributed by atoms with Crippen molar-refractivity contribution in [1.29, 1.82) is 5.26 Å². The molecule has 0 spiro atoms. The summed E-state index contributed by atoms with van der Waals surface area (Å²) in [5, 5.41) is 11.4. The molecule has 0 radical (unpaired) electrons. The normalized spacial score (nSPS) is 10.7. The molecule has 0 aliphatic rings. The van der Waals surface area contributed by atoms with E-state index in [1.165, 1.54) is 0 Å². The first-order valence-electron chi connectivity index (χ1n) is 6.19. The Bertz CT molecular complexity index is 501. The third kappa shape index (κ3) is 4.63. The Hall–Kier alpha value is -2.02. The van der Waals surface area contributed by atoms with Gasteiger partial charge in [0.1, 0.15) is 12.2 Å². The lowest BCUT2D eigenvalue weighted by Crippen LogP contribution is -2.44. The molecule has 0 heterocycles. The van der Waals surface area contributed by atoms with E-state index >= 15 is 0 Å². The lowest BCUT2D eigenvalue weighted by molar-refractivity contribution is -0.121. The molecule has 0 atom stereocenters. The van der Waals surface area contributed by atoms with Crippen molar-refractivity contribution in [3.05, 3.63) is 29.3 Å². The fraction of sp³-hybridized carbons (Fsp3) is 0.467. The van der Waals surface area contributed by atoms with Gasteiger partial charge in [0.05, 0.1) is 13.2 Å². The largest absolute Gasteiger partial charge is 0.496 e. The Kier molecular flexibility index (Phi) is 4.94. The maximum atomic E-state index is 11.5. The van der Waals surface area contributed by atoms with Crippen molar-refractivity contribution in [2.75, 3.05) is 7.11 Å². The average Bonchev–Trinajstić information content (AvgIpc) is 2.27. The van der Waals surface area contributed by atoms with Crippen LogP contribution in [0.25, 0.3) is 0 Å². The molecule has 4 nitrogen and oxygen atoms in total. The van der Waals surface area contributed by atoms with E-state index in [4.69, 9.17) is 10.00 Å². The molecule has 0 fully saturated rings. The molecule has 0 aliphatic carbocycles. The molecule has 4 heteroatoms. The molecule has 0 saturated carbocycles. The predicted octanol–water partition coefficient (Wildman–Crippen LogP) is 2.35. The number of aryl methyl sites for hydroxylation is 1. The number of carbonyl (C=O) groups excluding carboxylic acids is 1. The van der Waals surface area contributed by atoms with Crippen molar-refractivity contribution in [3.63, 3.8) is 0 Å². The molecule has 0 saturated heterocycles. The SMILES string of the molecule is COc1ccc(CC(C)(C)NC(=O)CC#N)cc1C. The van der Waals surface area contributed by atoms with Crippen LogP contribution in [-0.2, 0) is 11.2 Å². The second-order valence-corrected chi connectivity index (χ2v) is 5.25. The summed E-state index contributed by atoms with van der Waals surface area (Å²) in [6.07, 6.45) is 0.597. The molecule has 102 valence electrons. The number of benzene rings is 1. The number of nitriles is 1. The third-order valence-electron chi connectivity index (χ3n) is 2.82. The number of nitrogens with zero attached hydrogens (tertiary/aromatic N) is 1. The summed E-state index contributed by atoms with van der Waals surface area (Å²) in [5.41, 5.74) is 1.81. The van der Waals surface area contributed by atoms with Gasteiger partial charge in [-0.25, -0.2) is 0 Å². The van der Waals surface area contributed by atoms with Crippen LogP contribution in [0.5, 0.6) is 5.75 Å². The highest BCUT2D eigenvalue weighted by atomic mass is 16.5. The zero-order valence-electron chi connectivity index (χ0n) is 11.9. The minimum atomic E-state index is -0.380. The molecule has 0 aromatic heterocycles. The Labute approximate surface area is 114 Å². The summed E-state index contributed by atoms with van der Waals surface area (Å²) < 4.78 is 5.22. The van der Waals surface area contributed by atoms with Gasteiger partial charge in [-0.2, -0.15) is 5.26 Å². The van der Waals surface area contributed by atoms with E-state index in [9.17, 15) is 4.79 Å². The van der Waals surface area contributed by atoms with Crippen molar-refractivity contribution in [2.45, 2.75) is 39.2 Å². The van der Waals surface area contributed by atoms with Crippen molar-refractivity contribution in [1.82, 2.24) is 5.32 Å². The minimum Gasteiger partial charge on any atom is -0.496 e. The number of carbonyl (C=O) groups is 1. The summed E-state index contributed by atoms with van der Waals surface area (Å²) in [6.45, 7) is 5.88. The van der Waals surface area contributed by atoms with Crippen molar-refractivity contribution >= 4 is 5.91 Å². The molecule has 0 unspecified atom stereocenters. The second kappa shape index (κ2) is 6.24. The maximum absolute atomic E-state index is 11.5. The molecule has 1 rings (SSSR count). The number of hydrogen-bond acceptors (Lipinski definition) is 3. The fourth-order valence-electron chi connectivity index (χ4n) is 2.10. The molecule has 1 N–H and O–H groups in total. The lowest BCUT2D eigenvalue weighted by atomic mass is 9.93. The van der Waals surface area contributed by atoms with E-state index in [0.29, 0.717) is 6.42 Å². The quantitative estimate of drug-likeness (QED) is 0.884. The average molecular weight is 260 g/mol. The summed E-state index contributed by atoms with van der Waals surface area (Å²) in [4.78, 5) is 11.5. The monoisotopic (exact) mass is 260 g/mol. The zero-order chi connectivity index (χ0) is 14.5. The first-order chi connectivity index (χ1) is 8.88. The van der Waals surface area contributed by atoms with Gasteiger partial charge < -0.3 is 10.1 Å². The van der Waals surface area contributed by atoms with Crippen LogP contribution >= 0.6 is 0 Å². The standard InChI is InChI=1S/C15H20N2O2/c1-11-9-12(5-6-13(11)19-4)10-15(2,3)17-14(18)7-8-16/h5-6,9H,7,10H2,1-4H3,(H,17,18). The van der Waals surface area contributed by atoms with E-state index in [1.54, 1.807) is 7.11 Å². The summed E-state index contributed by atoms with van der Waals surface area (Å²) in [7, 11) is 1.65. The number of ether oxygens (including phenoxy) is 1. The number of nitrogens with one attached hydrogen (secondary N) is 1. The number of methoxy groups -OCH3 is 1. The Balaban J connectivity index is 2.75. The second-order valence-electron chi connectivity index (χ2n) is 5.25. The van der Waals surface area contributed by atoms with Crippen LogP contribution in [0.3, 0.4) is 0 Å². The van der Waals surface area contributed by atoms with Crippen molar-refractivity contribution < 1.29 is 9.53 Å². The van der Waals surface area contributed by atoms with Crippen LogP contribution in [-0.4, -0.2) is 18.6 Å². The topological polar surface area (TPSA) is 62.1 Å². The Morgan fingerprint density at radius 3 is 2.68 bits per heavy atom.